The van der Waals surface area contributed by atoms with E-state index in [-0.39, 0.29) is 5.91 Å². The fourth-order valence-corrected chi connectivity index (χ4v) is 1.83. The summed E-state index contributed by atoms with van der Waals surface area (Å²) in [5.41, 5.74) is 0.838. The van der Waals surface area contributed by atoms with E-state index in [2.05, 4.69) is 15.5 Å². The number of hydrogen-bond donors (Lipinski definition) is 1. The minimum atomic E-state index is 0.0485. The van der Waals surface area contributed by atoms with Crippen LogP contribution in [0.2, 0.25) is 0 Å². The summed E-state index contributed by atoms with van der Waals surface area (Å²) in [6, 6.07) is 7.40. The number of nitrogens with one attached hydrogen (secondary N) is 1. The number of methoxy groups -OCH3 is 1. The van der Waals surface area contributed by atoms with Gasteiger partial charge in [0, 0.05) is 24.9 Å². The maximum absolute atomic E-state index is 11.3. The van der Waals surface area contributed by atoms with E-state index in [0.29, 0.717) is 31.2 Å². The second-order valence-electron chi connectivity index (χ2n) is 4.58. The average Bonchev–Trinajstić information content (AvgIpc) is 2.96. The van der Waals surface area contributed by atoms with Crippen LogP contribution in [0.5, 0.6) is 5.75 Å². The molecule has 0 aliphatic carbocycles. The van der Waals surface area contributed by atoms with E-state index in [1.807, 2.05) is 31.2 Å². The molecule has 0 spiro atoms. The molecular formula is C15H19N3O3. The number of carbonyl (C=O) groups excluding carboxylic acids is 1. The molecule has 0 unspecified atom stereocenters. The van der Waals surface area contributed by atoms with Crippen molar-refractivity contribution in [1.29, 1.82) is 0 Å². The summed E-state index contributed by atoms with van der Waals surface area (Å²) in [7, 11) is 1.62. The van der Waals surface area contributed by atoms with Gasteiger partial charge < -0.3 is 14.5 Å². The van der Waals surface area contributed by atoms with Crippen LogP contribution in [0.15, 0.2) is 28.7 Å². The van der Waals surface area contributed by atoms with Crippen LogP contribution >= 0.6 is 0 Å². The molecule has 0 radical (unpaired) electrons. The fraction of sp³-hybridized carbons (Fsp3) is 0.400. The Morgan fingerprint density at radius 2 is 2.05 bits per heavy atom. The van der Waals surface area contributed by atoms with Gasteiger partial charge in [0.2, 0.25) is 17.7 Å². The molecule has 6 heteroatoms. The molecule has 2 aromatic rings. The predicted molar refractivity (Wildman–Crippen MR) is 77.9 cm³/mol. The van der Waals surface area contributed by atoms with E-state index in [9.17, 15) is 4.79 Å². The van der Waals surface area contributed by atoms with Gasteiger partial charge in [0.05, 0.1) is 7.11 Å². The van der Waals surface area contributed by atoms with Gasteiger partial charge in [-0.25, -0.2) is 0 Å². The normalized spacial score (nSPS) is 10.4. The highest BCUT2D eigenvalue weighted by molar-refractivity contribution is 5.75. The molecule has 0 saturated carbocycles. The lowest BCUT2D eigenvalue weighted by Gasteiger charge is -2.01. The standard InChI is InChI=1S/C15H19N3O3/c1-3-4-13(19)16-10-9-14-17-18-15(21-14)11-5-7-12(20-2)8-6-11/h5-8H,3-4,9-10H2,1-2H3,(H,16,19). The van der Waals surface area contributed by atoms with Gasteiger partial charge in [-0.15, -0.1) is 10.2 Å². The van der Waals surface area contributed by atoms with Gasteiger partial charge in [0.25, 0.3) is 0 Å². The number of amides is 1. The first-order chi connectivity index (χ1) is 10.2. The largest absolute Gasteiger partial charge is 0.497 e. The van der Waals surface area contributed by atoms with Gasteiger partial charge in [-0.05, 0) is 30.7 Å². The van der Waals surface area contributed by atoms with E-state index in [0.717, 1.165) is 17.7 Å². The second-order valence-corrected chi connectivity index (χ2v) is 4.58. The lowest BCUT2D eigenvalue weighted by atomic mass is 10.2. The number of rotatable bonds is 7. The molecule has 6 nitrogen and oxygen atoms in total. The highest BCUT2D eigenvalue weighted by Gasteiger charge is 2.09. The Balaban J connectivity index is 1.90. The molecule has 1 aromatic heterocycles. The Morgan fingerprint density at radius 3 is 2.71 bits per heavy atom. The van der Waals surface area contributed by atoms with Crippen molar-refractivity contribution >= 4 is 5.91 Å². The van der Waals surface area contributed by atoms with Crippen LogP contribution in [-0.4, -0.2) is 29.8 Å². The van der Waals surface area contributed by atoms with Gasteiger partial charge in [-0.2, -0.15) is 0 Å². The van der Waals surface area contributed by atoms with Gasteiger partial charge in [-0.1, -0.05) is 6.92 Å². The first-order valence-corrected chi connectivity index (χ1v) is 6.96. The number of aromatic nitrogens is 2. The number of carbonyl (C=O) groups is 1. The highest BCUT2D eigenvalue weighted by atomic mass is 16.5. The third-order valence-electron chi connectivity index (χ3n) is 2.94. The number of ether oxygens (including phenoxy) is 1. The van der Waals surface area contributed by atoms with Crippen molar-refractivity contribution in [3.05, 3.63) is 30.2 Å². The molecule has 1 heterocycles. The van der Waals surface area contributed by atoms with E-state index < -0.39 is 0 Å². The quantitative estimate of drug-likeness (QED) is 0.845. The molecule has 0 atom stereocenters. The fourth-order valence-electron chi connectivity index (χ4n) is 1.83. The van der Waals surface area contributed by atoms with Gasteiger partial charge >= 0.3 is 0 Å². The van der Waals surface area contributed by atoms with Crippen molar-refractivity contribution in [3.63, 3.8) is 0 Å². The first-order valence-electron chi connectivity index (χ1n) is 6.96. The van der Waals surface area contributed by atoms with Crippen molar-refractivity contribution < 1.29 is 13.9 Å². The SMILES string of the molecule is CCCC(=O)NCCc1nnc(-c2ccc(OC)cc2)o1. The van der Waals surface area contributed by atoms with Crippen molar-refractivity contribution in [3.8, 4) is 17.2 Å². The maximum atomic E-state index is 11.3. The molecule has 2 rings (SSSR count). The Kier molecular flexibility index (Phi) is 5.31. The van der Waals surface area contributed by atoms with Crippen LogP contribution in [0.25, 0.3) is 11.5 Å². The zero-order chi connectivity index (χ0) is 15.1. The molecule has 0 fully saturated rings. The average molecular weight is 289 g/mol. The lowest BCUT2D eigenvalue weighted by molar-refractivity contribution is -0.121. The third kappa shape index (κ3) is 4.30. The van der Waals surface area contributed by atoms with Crippen LogP contribution in [-0.2, 0) is 11.2 Å². The molecule has 112 valence electrons. The Hall–Kier alpha value is -2.37. The van der Waals surface area contributed by atoms with E-state index in [4.69, 9.17) is 9.15 Å². The molecule has 1 aromatic carbocycles. The molecule has 1 amide bonds. The van der Waals surface area contributed by atoms with Gasteiger partial charge in [-0.3, -0.25) is 4.79 Å². The molecule has 0 saturated heterocycles. The van der Waals surface area contributed by atoms with E-state index in [1.54, 1.807) is 7.11 Å². The molecule has 0 bridgehead atoms. The van der Waals surface area contributed by atoms with Crippen LogP contribution in [0, 0.1) is 0 Å². The highest BCUT2D eigenvalue weighted by Crippen LogP contribution is 2.21. The van der Waals surface area contributed by atoms with Crippen molar-refractivity contribution in [2.45, 2.75) is 26.2 Å². The topological polar surface area (TPSA) is 77.2 Å². The number of nitrogens with zero attached hydrogens (tertiary/aromatic N) is 2. The summed E-state index contributed by atoms with van der Waals surface area (Å²) in [5.74, 6) is 1.80. The number of benzene rings is 1. The molecule has 0 aliphatic rings. The lowest BCUT2D eigenvalue weighted by Crippen LogP contribution is -2.25. The summed E-state index contributed by atoms with van der Waals surface area (Å²) in [5, 5.41) is 10.8. The van der Waals surface area contributed by atoms with Crippen molar-refractivity contribution in [2.24, 2.45) is 0 Å². The Morgan fingerprint density at radius 1 is 1.29 bits per heavy atom. The van der Waals surface area contributed by atoms with Gasteiger partial charge in [0.15, 0.2) is 0 Å². The molecular weight excluding hydrogens is 270 g/mol. The predicted octanol–water partition coefficient (Wildman–Crippen LogP) is 2.20. The second kappa shape index (κ2) is 7.42. The molecule has 0 aliphatic heterocycles. The van der Waals surface area contributed by atoms with Gasteiger partial charge in [0.1, 0.15) is 5.75 Å². The van der Waals surface area contributed by atoms with Crippen LogP contribution in [0.1, 0.15) is 25.7 Å². The Bertz CT molecular complexity index is 578. The molecule has 21 heavy (non-hydrogen) atoms. The summed E-state index contributed by atoms with van der Waals surface area (Å²) in [4.78, 5) is 11.3. The van der Waals surface area contributed by atoms with Crippen LogP contribution in [0.4, 0.5) is 0 Å². The van der Waals surface area contributed by atoms with Crippen LogP contribution in [0.3, 0.4) is 0 Å². The van der Waals surface area contributed by atoms with Crippen molar-refractivity contribution in [2.75, 3.05) is 13.7 Å². The van der Waals surface area contributed by atoms with Crippen molar-refractivity contribution in [1.82, 2.24) is 15.5 Å². The smallest absolute Gasteiger partial charge is 0.247 e. The summed E-state index contributed by atoms with van der Waals surface area (Å²) in [6.45, 7) is 2.47. The van der Waals surface area contributed by atoms with Crippen LogP contribution < -0.4 is 10.1 Å². The Labute approximate surface area is 123 Å². The molecule has 1 N–H and O–H groups in total. The monoisotopic (exact) mass is 289 g/mol. The minimum Gasteiger partial charge on any atom is -0.497 e. The summed E-state index contributed by atoms with van der Waals surface area (Å²) >= 11 is 0. The summed E-state index contributed by atoms with van der Waals surface area (Å²) < 4.78 is 10.7. The van der Waals surface area contributed by atoms with E-state index >= 15 is 0 Å². The third-order valence-corrected chi connectivity index (χ3v) is 2.94. The maximum Gasteiger partial charge on any atom is 0.247 e. The zero-order valence-corrected chi connectivity index (χ0v) is 12.3. The minimum absolute atomic E-state index is 0.0485. The number of hydrogen-bond acceptors (Lipinski definition) is 5. The van der Waals surface area contributed by atoms with E-state index in [1.165, 1.54) is 0 Å². The summed E-state index contributed by atoms with van der Waals surface area (Å²) in [6.07, 6.45) is 1.91. The zero-order valence-electron chi connectivity index (χ0n) is 12.3. The first kappa shape index (κ1) is 15.0.